The number of aliphatic imine (C=N–C) groups is 1. The third-order valence-electron chi connectivity index (χ3n) is 3.78. The molecule has 1 amide bonds. The van der Waals surface area contributed by atoms with Crippen molar-refractivity contribution in [3.63, 3.8) is 0 Å². The number of amides is 1. The topological polar surface area (TPSA) is 83.8 Å². The van der Waals surface area contributed by atoms with Gasteiger partial charge in [-0.05, 0) is 40.2 Å². The zero-order valence-corrected chi connectivity index (χ0v) is 19.2. The van der Waals surface area contributed by atoms with Gasteiger partial charge in [0.15, 0.2) is 5.96 Å². The van der Waals surface area contributed by atoms with Gasteiger partial charge in [0, 0.05) is 39.9 Å². The summed E-state index contributed by atoms with van der Waals surface area (Å²) in [5.74, 6) is 0.716. The Balaban J connectivity index is 0.00000625. The van der Waals surface area contributed by atoms with Crippen LogP contribution in [0.2, 0.25) is 0 Å². The van der Waals surface area contributed by atoms with Crippen LogP contribution in [0.25, 0.3) is 0 Å². The van der Waals surface area contributed by atoms with Gasteiger partial charge in [0.2, 0.25) is 0 Å². The van der Waals surface area contributed by atoms with Gasteiger partial charge in [0.05, 0.1) is 12.2 Å². The molecule has 0 saturated heterocycles. The molecule has 1 aromatic rings. The molecule has 0 saturated carbocycles. The monoisotopic (exact) mass is 480 g/mol. The Labute approximate surface area is 173 Å². The Hall–Kier alpha value is -1.52. The summed E-state index contributed by atoms with van der Waals surface area (Å²) in [6, 6.07) is 2.01. The van der Waals surface area contributed by atoms with E-state index in [9.17, 15) is 4.79 Å². The summed E-state index contributed by atoms with van der Waals surface area (Å²) in [5, 5.41) is 10.6. The Morgan fingerprint density at radius 2 is 2.08 bits per heavy atom. The van der Waals surface area contributed by atoms with Gasteiger partial charge in [-0.25, -0.2) is 4.79 Å². The molecule has 0 aliphatic heterocycles. The highest BCUT2D eigenvalue weighted by atomic mass is 127. The van der Waals surface area contributed by atoms with Gasteiger partial charge in [-0.3, -0.25) is 9.67 Å². The number of rotatable bonds is 6. The predicted octanol–water partition coefficient (Wildman–Crippen LogP) is 2.35. The fourth-order valence-electron chi connectivity index (χ4n) is 2.08. The lowest BCUT2D eigenvalue weighted by Crippen LogP contribution is -2.42. The van der Waals surface area contributed by atoms with Crippen LogP contribution in [0.15, 0.2) is 17.3 Å². The van der Waals surface area contributed by atoms with Crippen molar-refractivity contribution >= 4 is 36.0 Å². The molecule has 9 heteroatoms. The van der Waals surface area contributed by atoms with E-state index in [0.29, 0.717) is 19.0 Å². The lowest BCUT2D eigenvalue weighted by Gasteiger charge is -2.28. The van der Waals surface area contributed by atoms with Gasteiger partial charge in [0.1, 0.15) is 5.60 Å². The first-order valence-corrected chi connectivity index (χ1v) is 8.51. The van der Waals surface area contributed by atoms with Crippen LogP contribution in [-0.4, -0.2) is 59.0 Å². The number of aromatic nitrogens is 2. The molecule has 0 aliphatic carbocycles. The van der Waals surface area contributed by atoms with Crippen molar-refractivity contribution in [2.24, 2.45) is 12.0 Å². The number of nitrogens with one attached hydrogen (secondary N) is 2. The van der Waals surface area contributed by atoms with E-state index < -0.39 is 5.60 Å². The average Bonchev–Trinajstić information content (AvgIpc) is 2.93. The number of hydrogen-bond acceptors (Lipinski definition) is 4. The van der Waals surface area contributed by atoms with Gasteiger partial charge in [0.25, 0.3) is 0 Å². The second-order valence-electron chi connectivity index (χ2n) is 7.03. The zero-order valence-electron chi connectivity index (χ0n) is 16.9. The molecule has 1 atom stereocenters. The largest absolute Gasteiger partial charge is 0.444 e. The third kappa shape index (κ3) is 8.72. The first-order chi connectivity index (χ1) is 11.6. The lowest BCUT2D eigenvalue weighted by molar-refractivity contribution is 0.0230. The van der Waals surface area contributed by atoms with Crippen LogP contribution < -0.4 is 10.6 Å². The van der Waals surface area contributed by atoms with Crippen LogP contribution >= 0.6 is 24.0 Å². The van der Waals surface area contributed by atoms with Crippen LogP contribution in [0.5, 0.6) is 0 Å². The number of halogens is 1. The molecule has 1 aromatic heterocycles. The zero-order chi connectivity index (χ0) is 19.0. The van der Waals surface area contributed by atoms with Crippen molar-refractivity contribution in [3.05, 3.63) is 18.0 Å². The van der Waals surface area contributed by atoms with E-state index >= 15 is 0 Å². The van der Waals surface area contributed by atoms with Gasteiger partial charge in [-0.1, -0.05) is 0 Å². The smallest absolute Gasteiger partial charge is 0.410 e. The summed E-state index contributed by atoms with van der Waals surface area (Å²) >= 11 is 0. The molecule has 0 aromatic carbocycles. The first kappa shape index (κ1) is 24.5. The predicted molar refractivity (Wildman–Crippen MR) is 115 cm³/mol. The van der Waals surface area contributed by atoms with E-state index in [0.717, 1.165) is 12.1 Å². The minimum atomic E-state index is -0.485. The minimum absolute atomic E-state index is 0. The minimum Gasteiger partial charge on any atom is -0.444 e. The summed E-state index contributed by atoms with van der Waals surface area (Å²) in [4.78, 5) is 17.9. The molecule has 26 heavy (non-hydrogen) atoms. The van der Waals surface area contributed by atoms with Crippen molar-refractivity contribution in [3.8, 4) is 0 Å². The SMILES string of the molecule is CN=C(NCCC(C)N(C)C(=O)OC(C)(C)C)NCc1ccnn1C.I. The Morgan fingerprint density at radius 3 is 2.58 bits per heavy atom. The second kappa shape index (κ2) is 11.2. The van der Waals surface area contributed by atoms with E-state index in [2.05, 4.69) is 20.7 Å². The van der Waals surface area contributed by atoms with Crippen LogP contribution in [0.4, 0.5) is 4.79 Å². The molecule has 8 nitrogen and oxygen atoms in total. The maximum absolute atomic E-state index is 12.1. The fourth-order valence-corrected chi connectivity index (χ4v) is 2.08. The molecular weight excluding hydrogens is 447 g/mol. The fraction of sp³-hybridized carbons (Fsp3) is 0.706. The summed E-state index contributed by atoms with van der Waals surface area (Å²) in [6.45, 7) is 8.93. The quantitative estimate of drug-likeness (QED) is 0.371. The Kier molecular flexibility index (Phi) is 10.6. The number of aryl methyl sites for hydroxylation is 1. The molecule has 1 rings (SSSR count). The molecular formula is C17H33IN6O2. The lowest BCUT2D eigenvalue weighted by atomic mass is 10.2. The van der Waals surface area contributed by atoms with Gasteiger partial charge >= 0.3 is 6.09 Å². The number of ether oxygens (including phenoxy) is 1. The van der Waals surface area contributed by atoms with E-state index in [1.165, 1.54) is 0 Å². The van der Waals surface area contributed by atoms with Gasteiger partial charge < -0.3 is 20.3 Å². The Bertz CT molecular complexity index is 582. The molecule has 0 aliphatic rings. The van der Waals surface area contributed by atoms with Crippen molar-refractivity contribution in [2.75, 3.05) is 20.6 Å². The summed E-state index contributed by atoms with van der Waals surface area (Å²) in [7, 11) is 5.39. The van der Waals surface area contributed by atoms with Crippen molar-refractivity contribution < 1.29 is 9.53 Å². The maximum atomic E-state index is 12.1. The highest BCUT2D eigenvalue weighted by molar-refractivity contribution is 14.0. The number of carbonyl (C=O) groups is 1. The molecule has 0 spiro atoms. The maximum Gasteiger partial charge on any atom is 0.410 e. The summed E-state index contributed by atoms with van der Waals surface area (Å²) in [5.41, 5.74) is 0.585. The van der Waals surface area contributed by atoms with E-state index in [1.807, 2.05) is 45.5 Å². The van der Waals surface area contributed by atoms with Crippen LogP contribution in [-0.2, 0) is 18.3 Å². The number of carbonyl (C=O) groups excluding carboxylic acids is 1. The highest BCUT2D eigenvalue weighted by Gasteiger charge is 2.22. The van der Waals surface area contributed by atoms with Gasteiger partial charge in [-0.15, -0.1) is 24.0 Å². The number of nitrogens with zero attached hydrogens (tertiary/aromatic N) is 4. The molecule has 1 unspecified atom stereocenters. The Morgan fingerprint density at radius 1 is 1.42 bits per heavy atom. The van der Waals surface area contributed by atoms with Crippen LogP contribution in [0.1, 0.15) is 39.8 Å². The summed E-state index contributed by atoms with van der Waals surface area (Å²) < 4.78 is 7.20. The van der Waals surface area contributed by atoms with E-state index in [1.54, 1.807) is 25.2 Å². The van der Waals surface area contributed by atoms with Gasteiger partial charge in [-0.2, -0.15) is 5.10 Å². The van der Waals surface area contributed by atoms with Crippen molar-refractivity contribution in [1.82, 2.24) is 25.3 Å². The molecule has 0 bridgehead atoms. The molecule has 0 radical (unpaired) electrons. The second-order valence-corrected chi connectivity index (χ2v) is 7.03. The standard InChI is InChI=1S/C17H32N6O2.HI/c1-13(22(6)16(24)25-17(2,3)4)8-10-19-15(18-5)20-12-14-9-11-21-23(14)7;/h9,11,13H,8,10,12H2,1-7H3,(H2,18,19,20);1H. The van der Waals surface area contributed by atoms with Crippen molar-refractivity contribution in [2.45, 2.75) is 52.3 Å². The van der Waals surface area contributed by atoms with Crippen LogP contribution in [0.3, 0.4) is 0 Å². The first-order valence-electron chi connectivity index (χ1n) is 8.51. The molecule has 2 N–H and O–H groups in total. The molecule has 1 heterocycles. The normalized spacial score (nSPS) is 12.8. The number of guanidine groups is 1. The average molecular weight is 480 g/mol. The van der Waals surface area contributed by atoms with Crippen molar-refractivity contribution in [1.29, 1.82) is 0 Å². The highest BCUT2D eigenvalue weighted by Crippen LogP contribution is 2.11. The van der Waals surface area contributed by atoms with E-state index in [4.69, 9.17) is 4.74 Å². The van der Waals surface area contributed by atoms with Crippen LogP contribution in [0, 0.1) is 0 Å². The number of hydrogen-bond donors (Lipinski definition) is 2. The van der Waals surface area contributed by atoms with E-state index in [-0.39, 0.29) is 36.1 Å². The molecule has 0 fully saturated rings. The summed E-state index contributed by atoms with van der Waals surface area (Å²) in [6.07, 6.45) is 2.24. The molecule has 150 valence electrons. The third-order valence-corrected chi connectivity index (χ3v) is 3.78.